The van der Waals surface area contributed by atoms with E-state index in [1.165, 1.54) is 29.1 Å². The molecule has 2 aliphatic heterocycles. The van der Waals surface area contributed by atoms with Crippen molar-refractivity contribution in [3.63, 3.8) is 0 Å². The largest absolute Gasteiger partial charge is 0.408 e. The molecule has 0 amide bonds. The molecule has 0 bridgehead atoms. The Bertz CT molecular complexity index is 2280. The molecule has 0 aromatic carbocycles. The third-order valence-electron chi connectivity index (χ3n) is 10.3. The first kappa shape index (κ1) is 44.7. The van der Waals surface area contributed by atoms with Gasteiger partial charge >= 0.3 is 6.80 Å². The first-order valence-corrected chi connectivity index (χ1v) is 26.6. The van der Waals surface area contributed by atoms with Crippen LogP contribution in [0.25, 0.3) is 16.8 Å². The molecule has 4 aromatic rings. The number of nitriles is 1. The summed E-state index contributed by atoms with van der Waals surface area (Å²) in [4.78, 5) is 28.0. The summed E-state index contributed by atoms with van der Waals surface area (Å²) in [5, 5.41) is 20.6. The van der Waals surface area contributed by atoms with Crippen LogP contribution in [0.4, 0.5) is 5.69 Å². The number of fused-ring (bicyclic) bond motifs is 2. The highest BCUT2D eigenvalue weighted by molar-refractivity contribution is 8.44. The Hall–Kier alpha value is -2.80. The summed E-state index contributed by atoms with van der Waals surface area (Å²) in [5.74, 6) is 0.235. The van der Waals surface area contributed by atoms with Crippen molar-refractivity contribution in [1.82, 2.24) is 28.4 Å². The second-order valence-corrected chi connectivity index (χ2v) is 25.4. The molecular formula is C35H50N8O10P2S2Si. The predicted octanol–water partition coefficient (Wildman–Crippen LogP) is 5.60. The van der Waals surface area contributed by atoms with Crippen LogP contribution in [0.2, 0.25) is 18.1 Å². The topological polar surface area (TPSA) is 198 Å². The smallest absolute Gasteiger partial charge is 0.386 e. The monoisotopic (exact) mass is 896 g/mol. The fourth-order valence-corrected chi connectivity index (χ4v) is 10.2. The fourth-order valence-electron chi connectivity index (χ4n) is 6.31. The normalized spacial score (nSPS) is 25.8. The van der Waals surface area contributed by atoms with Gasteiger partial charge in [0.25, 0.3) is 5.56 Å². The van der Waals surface area contributed by atoms with Crippen molar-refractivity contribution >= 4 is 75.2 Å². The Morgan fingerprint density at radius 2 is 1.88 bits per heavy atom. The summed E-state index contributed by atoms with van der Waals surface area (Å²) in [6.45, 7) is 5.77. The van der Waals surface area contributed by atoms with E-state index in [0.717, 1.165) is 11.1 Å². The van der Waals surface area contributed by atoms with Gasteiger partial charge in [0.2, 0.25) is 5.78 Å². The Morgan fingerprint density at radius 1 is 1.12 bits per heavy atom. The van der Waals surface area contributed by atoms with E-state index < -0.39 is 65.2 Å². The van der Waals surface area contributed by atoms with Gasteiger partial charge in [0.05, 0.1) is 50.4 Å². The predicted molar refractivity (Wildman–Crippen MR) is 227 cm³/mol. The van der Waals surface area contributed by atoms with E-state index in [4.69, 9.17) is 49.1 Å². The van der Waals surface area contributed by atoms with Crippen LogP contribution in [0.1, 0.15) is 46.1 Å². The van der Waals surface area contributed by atoms with Gasteiger partial charge < -0.3 is 37.5 Å². The van der Waals surface area contributed by atoms with Crippen LogP contribution in [0.5, 0.6) is 0 Å². The molecule has 0 saturated carbocycles. The minimum Gasteiger partial charge on any atom is -0.408 e. The summed E-state index contributed by atoms with van der Waals surface area (Å²) in [6.07, 6.45) is 3.61. The summed E-state index contributed by atoms with van der Waals surface area (Å²) < 4.78 is 62.6. The fraction of sp³-hybridized carbons (Fsp3) is 0.571. The first-order valence-electron chi connectivity index (χ1n) is 18.6. The van der Waals surface area contributed by atoms with Crippen molar-refractivity contribution in [1.29, 1.82) is 5.26 Å². The molecule has 0 spiro atoms. The minimum absolute atomic E-state index is 0.0847. The van der Waals surface area contributed by atoms with Crippen LogP contribution in [-0.2, 0) is 48.4 Å². The molecule has 6 rings (SSSR count). The lowest BCUT2D eigenvalue weighted by Crippen LogP contribution is -2.50. The minimum atomic E-state index is -4.29. The number of ether oxygens (including phenoxy) is 2. The van der Waals surface area contributed by atoms with Gasteiger partial charge in [-0.15, -0.1) is 0 Å². The molecule has 316 valence electrons. The number of pyridine rings is 1. The van der Waals surface area contributed by atoms with Crippen molar-refractivity contribution in [2.45, 2.75) is 94.7 Å². The van der Waals surface area contributed by atoms with E-state index >= 15 is 0 Å². The number of aliphatic hydroxyl groups is 1. The number of aliphatic hydroxyl groups excluding tert-OH is 1. The van der Waals surface area contributed by atoms with Crippen molar-refractivity contribution in [2.75, 3.05) is 33.9 Å². The van der Waals surface area contributed by atoms with E-state index in [2.05, 4.69) is 61.1 Å². The molecule has 18 nitrogen and oxygen atoms in total. The summed E-state index contributed by atoms with van der Waals surface area (Å²) in [6, 6.07) is 7.06. The van der Waals surface area contributed by atoms with E-state index in [1.807, 2.05) is 48.0 Å². The molecule has 6 heterocycles. The van der Waals surface area contributed by atoms with Crippen LogP contribution >= 0.6 is 26.2 Å². The number of aliphatic imine (C=N–C) groups is 1. The number of imidazole rings is 1. The maximum Gasteiger partial charge on any atom is 0.386 e. The van der Waals surface area contributed by atoms with Gasteiger partial charge in [0.1, 0.15) is 36.3 Å². The van der Waals surface area contributed by atoms with E-state index in [0.29, 0.717) is 5.65 Å². The summed E-state index contributed by atoms with van der Waals surface area (Å²) in [7, 11) is -1.06. The van der Waals surface area contributed by atoms with Gasteiger partial charge in [-0.2, -0.15) is 5.26 Å². The molecule has 58 heavy (non-hydrogen) atoms. The molecule has 0 radical (unpaired) electrons. The van der Waals surface area contributed by atoms with Crippen LogP contribution in [0.3, 0.4) is 0 Å². The molecule has 1 N–H and O–H groups in total. The Balaban J connectivity index is 1.25. The average molecular weight is 897 g/mol. The number of aromatic nitrogens is 5. The Labute approximate surface area is 348 Å². The number of hydrogen-bond donors (Lipinski definition) is 2. The molecule has 2 aliphatic rings. The summed E-state index contributed by atoms with van der Waals surface area (Å²) >= 11 is 9.85. The molecular weight excluding hydrogens is 847 g/mol. The van der Waals surface area contributed by atoms with E-state index in [1.54, 1.807) is 17.1 Å². The van der Waals surface area contributed by atoms with Crippen molar-refractivity contribution in [3.8, 4) is 6.07 Å². The molecule has 2 fully saturated rings. The molecule has 9 atom stereocenters. The van der Waals surface area contributed by atoms with Gasteiger partial charge in [-0.25, -0.2) is 19.5 Å². The van der Waals surface area contributed by atoms with Crippen LogP contribution in [-0.4, -0.2) is 113 Å². The highest BCUT2D eigenvalue weighted by atomic mass is 32.7. The lowest BCUT2D eigenvalue weighted by Gasteiger charge is -2.40. The highest BCUT2D eigenvalue weighted by Crippen LogP contribution is 2.58. The zero-order valence-electron chi connectivity index (χ0n) is 33.3. The van der Waals surface area contributed by atoms with Crippen LogP contribution in [0.15, 0.2) is 59.0 Å². The van der Waals surface area contributed by atoms with Crippen LogP contribution < -0.4 is 5.56 Å². The quantitative estimate of drug-likeness (QED) is 0.0332. The second-order valence-electron chi connectivity index (χ2n) is 15.6. The number of rotatable bonds is 17. The zero-order valence-corrected chi connectivity index (χ0v) is 37.9. The number of hydrogen-bond acceptors (Lipinski definition) is 15. The first-order chi connectivity index (χ1) is 27.4. The molecule has 4 aromatic heterocycles. The zero-order chi connectivity index (χ0) is 42.0. The number of nitrogens with zero attached hydrogens (tertiary/aromatic N) is 8. The molecule has 3 unspecified atom stereocenters. The maximum absolute atomic E-state index is 14.3. The second kappa shape index (κ2) is 18.4. The molecule has 0 aliphatic carbocycles. The van der Waals surface area contributed by atoms with E-state index in [-0.39, 0.29) is 49.0 Å². The molecule has 23 heteroatoms. The summed E-state index contributed by atoms with van der Waals surface area (Å²) in [5.41, 5.74) is 1.04. The van der Waals surface area contributed by atoms with Crippen molar-refractivity contribution in [3.05, 3.63) is 59.5 Å². The Morgan fingerprint density at radius 3 is 2.60 bits per heavy atom. The SMILES string of the molecule is CN(C)/C=N\c1ccnc2c1ccn2[C@H]1C[C@H](O)[C@@H](COP(=O)(S)O[C@@H]2C(O[Si](C)(C)C(C)(C)C)[C@@H](CO[PH](=S)OCCC#N)O[C@H]2n2ccc(=O)n3ccnc23)O1. The highest BCUT2D eigenvalue weighted by Gasteiger charge is 2.54. The van der Waals surface area contributed by atoms with Crippen LogP contribution in [0, 0.1) is 11.3 Å². The van der Waals surface area contributed by atoms with Gasteiger partial charge in [-0.1, -0.05) is 33.0 Å². The van der Waals surface area contributed by atoms with Gasteiger partial charge in [0, 0.05) is 63.0 Å². The third kappa shape index (κ3) is 10.2. The molecule has 2 saturated heterocycles. The number of thiol groups is 1. The van der Waals surface area contributed by atoms with Crippen molar-refractivity contribution < 1.29 is 41.7 Å². The average Bonchev–Trinajstić information content (AvgIpc) is 3.95. The van der Waals surface area contributed by atoms with Gasteiger partial charge in [-0.05, 0) is 42.1 Å². The Kier molecular flexibility index (Phi) is 14.2. The van der Waals surface area contributed by atoms with Crippen molar-refractivity contribution in [2.24, 2.45) is 4.99 Å². The van der Waals surface area contributed by atoms with E-state index in [9.17, 15) is 14.5 Å². The standard InChI is InChI=1S/C35H50N8O10P2S2Si/c1-35(2,3)58(6,7)53-30-27(20-48-54(56)47-18-8-12-36)51-33(43-16-11-28(45)41-17-14-38-34(41)43)31(30)52-55(46,57)49-21-26-25(44)19-29(50-26)42-15-10-23-24(39-22-40(4)5)9-13-37-32(23)42/h9-11,13-17,22,25-27,29-31,33,44,54H,8,18-21H2,1-7H3,(H,46,57)/b39-22-/t25-,26+,27+,29+,30?,31+,33+,55?/m0/s1. The third-order valence-corrected chi connectivity index (χ3v) is 17.9. The van der Waals surface area contributed by atoms with Gasteiger partial charge in [0.15, 0.2) is 21.7 Å². The lowest BCUT2D eigenvalue weighted by atomic mass is 10.1. The van der Waals surface area contributed by atoms with Gasteiger partial charge in [-0.3, -0.25) is 22.8 Å². The lowest BCUT2D eigenvalue weighted by molar-refractivity contribution is -0.0507. The maximum atomic E-state index is 14.3.